The molecule has 6 heteroatoms. The van der Waals surface area contributed by atoms with E-state index in [4.69, 9.17) is 21.5 Å². The summed E-state index contributed by atoms with van der Waals surface area (Å²) in [6.07, 6.45) is 1.35. The first kappa shape index (κ1) is 8.48. The molecule has 0 unspecified atom stereocenters. The number of thiocarbonyl (C=S) groups is 1. The van der Waals surface area contributed by atoms with Crippen LogP contribution in [0.3, 0.4) is 0 Å². The van der Waals surface area contributed by atoms with E-state index in [9.17, 15) is 0 Å². The Morgan fingerprint density at radius 1 is 1.91 bits per heavy atom. The third-order valence-electron chi connectivity index (χ3n) is 0.887. The third kappa shape index (κ3) is 2.85. The van der Waals surface area contributed by atoms with Crippen LogP contribution in [0.15, 0.2) is 10.9 Å². The lowest BCUT2D eigenvalue weighted by Gasteiger charge is -1.96. The molecule has 1 heterocycles. The number of ether oxygens (including phenoxy) is 1. The lowest BCUT2D eigenvalue weighted by molar-refractivity contribution is 0.389. The van der Waals surface area contributed by atoms with Gasteiger partial charge in [0.1, 0.15) is 0 Å². The Morgan fingerprint density at radius 3 is 3.27 bits per heavy atom. The Bertz CT molecular complexity index is 224. The Labute approximate surface area is 73.3 Å². The Kier molecular flexibility index (Phi) is 3.31. The summed E-state index contributed by atoms with van der Waals surface area (Å²) >= 11 is 6.13. The van der Waals surface area contributed by atoms with Crippen molar-refractivity contribution < 1.29 is 9.26 Å². The van der Waals surface area contributed by atoms with Crippen molar-refractivity contribution in [1.82, 2.24) is 10.1 Å². The number of methoxy groups -OCH3 is 1. The molecule has 1 rings (SSSR count). The minimum Gasteiger partial charge on any atom is -0.482 e. The van der Waals surface area contributed by atoms with Crippen LogP contribution in [0.4, 0.5) is 0 Å². The zero-order valence-corrected chi connectivity index (χ0v) is 7.44. The van der Waals surface area contributed by atoms with E-state index in [-0.39, 0.29) is 0 Å². The Hall–Kier alpha value is -0.620. The first-order chi connectivity index (χ1) is 5.33. The minimum absolute atomic E-state index is 0.475. The van der Waals surface area contributed by atoms with E-state index in [0.717, 1.165) is 0 Å². The lowest BCUT2D eigenvalue weighted by atomic mass is 10.8. The smallest absolute Gasteiger partial charge is 0.236 e. The Morgan fingerprint density at radius 2 is 2.73 bits per heavy atom. The molecule has 0 amide bonds. The average molecular weight is 190 g/mol. The fraction of sp³-hybridized carbons (Fsp3) is 0.400. The van der Waals surface area contributed by atoms with Crippen molar-refractivity contribution in [2.24, 2.45) is 0 Å². The Balaban J connectivity index is 2.29. The second kappa shape index (κ2) is 4.30. The van der Waals surface area contributed by atoms with E-state index >= 15 is 0 Å². The van der Waals surface area contributed by atoms with E-state index in [1.165, 1.54) is 25.2 Å². The molecule has 11 heavy (non-hydrogen) atoms. The summed E-state index contributed by atoms with van der Waals surface area (Å²) < 4.78 is 9.96. The second-order valence-electron chi connectivity index (χ2n) is 1.58. The van der Waals surface area contributed by atoms with Crippen molar-refractivity contribution in [2.45, 2.75) is 5.75 Å². The van der Waals surface area contributed by atoms with E-state index < -0.39 is 0 Å². The van der Waals surface area contributed by atoms with Gasteiger partial charge in [-0.15, -0.1) is 0 Å². The van der Waals surface area contributed by atoms with Gasteiger partial charge in [0.05, 0.1) is 12.9 Å². The van der Waals surface area contributed by atoms with Gasteiger partial charge < -0.3 is 9.26 Å². The van der Waals surface area contributed by atoms with Gasteiger partial charge >= 0.3 is 0 Å². The molecule has 0 atom stereocenters. The molecule has 4 nitrogen and oxygen atoms in total. The summed E-state index contributed by atoms with van der Waals surface area (Å²) in [6.45, 7) is 0. The zero-order valence-electron chi connectivity index (χ0n) is 5.81. The molecule has 0 aliphatic rings. The van der Waals surface area contributed by atoms with Crippen LogP contribution >= 0.6 is 24.0 Å². The van der Waals surface area contributed by atoms with Crippen molar-refractivity contribution in [3.8, 4) is 0 Å². The molecule has 0 saturated heterocycles. The summed E-state index contributed by atoms with van der Waals surface area (Å²) in [6, 6.07) is 0. The lowest BCUT2D eigenvalue weighted by Crippen LogP contribution is -1.91. The maximum absolute atomic E-state index is 4.78. The molecule has 0 radical (unpaired) electrons. The largest absolute Gasteiger partial charge is 0.482 e. The molecule has 0 aliphatic carbocycles. The topological polar surface area (TPSA) is 48.2 Å². The van der Waals surface area contributed by atoms with Gasteiger partial charge in [0, 0.05) is 0 Å². The molecular weight excluding hydrogens is 184 g/mol. The predicted molar refractivity (Wildman–Crippen MR) is 45.2 cm³/mol. The molecular formula is C5H6N2O2S2. The molecule has 0 spiro atoms. The van der Waals surface area contributed by atoms with E-state index in [0.29, 0.717) is 16.0 Å². The van der Waals surface area contributed by atoms with Gasteiger partial charge in [-0.1, -0.05) is 16.9 Å². The van der Waals surface area contributed by atoms with Gasteiger partial charge in [-0.25, -0.2) is 0 Å². The van der Waals surface area contributed by atoms with Crippen molar-refractivity contribution in [2.75, 3.05) is 7.11 Å². The standard InChI is InChI=1S/C5H6N2O2S2/c1-8-5(10)11-2-4-6-3-7-9-4/h3H,2H2,1H3. The summed E-state index contributed by atoms with van der Waals surface area (Å²) in [5.41, 5.74) is 0. The number of thioether (sulfide) groups is 1. The summed E-state index contributed by atoms with van der Waals surface area (Å²) in [4.78, 5) is 3.81. The highest BCUT2D eigenvalue weighted by Crippen LogP contribution is 2.11. The fourth-order valence-corrected chi connectivity index (χ4v) is 1.10. The average Bonchev–Trinajstić information content (AvgIpc) is 2.52. The van der Waals surface area contributed by atoms with E-state index in [2.05, 4.69) is 10.1 Å². The van der Waals surface area contributed by atoms with Crippen LogP contribution in [0.5, 0.6) is 0 Å². The molecule has 0 bridgehead atoms. The molecule has 0 aromatic carbocycles. The van der Waals surface area contributed by atoms with Gasteiger partial charge in [0.15, 0.2) is 6.33 Å². The van der Waals surface area contributed by atoms with Crippen molar-refractivity contribution in [3.05, 3.63) is 12.2 Å². The monoisotopic (exact) mass is 190 g/mol. The molecule has 0 N–H and O–H groups in total. The highest BCUT2D eigenvalue weighted by atomic mass is 32.2. The highest BCUT2D eigenvalue weighted by molar-refractivity contribution is 8.22. The van der Waals surface area contributed by atoms with Crippen LogP contribution in [0.25, 0.3) is 0 Å². The maximum Gasteiger partial charge on any atom is 0.236 e. The maximum atomic E-state index is 4.78. The highest BCUT2D eigenvalue weighted by Gasteiger charge is 2.01. The molecule has 1 aromatic rings. The predicted octanol–water partition coefficient (Wildman–Crippen LogP) is 1.23. The van der Waals surface area contributed by atoms with Crippen molar-refractivity contribution >= 4 is 28.4 Å². The number of aromatic nitrogens is 2. The number of hydrogen-bond acceptors (Lipinski definition) is 6. The van der Waals surface area contributed by atoms with Crippen LogP contribution in [-0.4, -0.2) is 21.6 Å². The second-order valence-corrected chi connectivity index (χ2v) is 3.16. The van der Waals surface area contributed by atoms with Crippen LogP contribution in [0.1, 0.15) is 5.89 Å². The van der Waals surface area contributed by atoms with E-state index in [1.54, 1.807) is 0 Å². The van der Waals surface area contributed by atoms with Crippen molar-refractivity contribution in [1.29, 1.82) is 0 Å². The quantitative estimate of drug-likeness (QED) is 0.654. The molecule has 60 valence electrons. The molecule has 0 saturated carbocycles. The van der Waals surface area contributed by atoms with Gasteiger partial charge in [0.2, 0.25) is 10.3 Å². The first-order valence-corrected chi connectivity index (χ1v) is 4.18. The van der Waals surface area contributed by atoms with Gasteiger partial charge in [-0.05, 0) is 12.2 Å². The van der Waals surface area contributed by atoms with Crippen LogP contribution in [0.2, 0.25) is 0 Å². The van der Waals surface area contributed by atoms with E-state index in [1.807, 2.05) is 0 Å². The minimum atomic E-state index is 0.475. The number of rotatable bonds is 2. The fourth-order valence-electron chi connectivity index (χ4n) is 0.439. The van der Waals surface area contributed by atoms with Crippen LogP contribution in [-0.2, 0) is 10.5 Å². The van der Waals surface area contributed by atoms with Crippen LogP contribution < -0.4 is 0 Å². The van der Waals surface area contributed by atoms with Crippen molar-refractivity contribution in [3.63, 3.8) is 0 Å². The SMILES string of the molecule is COC(=S)SCc1ncno1. The first-order valence-electron chi connectivity index (χ1n) is 2.79. The van der Waals surface area contributed by atoms with Gasteiger partial charge in [0.25, 0.3) is 0 Å². The molecule has 1 aromatic heterocycles. The van der Waals surface area contributed by atoms with Crippen LogP contribution in [0, 0.1) is 0 Å². The zero-order chi connectivity index (χ0) is 8.10. The number of hydrogen-bond donors (Lipinski definition) is 0. The number of nitrogens with zero attached hydrogens (tertiary/aromatic N) is 2. The molecule has 0 aliphatic heterocycles. The van der Waals surface area contributed by atoms with Gasteiger partial charge in [-0.2, -0.15) is 4.98 Å². The normalized spacial score (nSPS) is 9.55. The summed E-state index contributed by atoms with van der Waals surface area (Å²) in [7, 11) is 1.53. The van der Waals surface area contributed by atoms with Gasteiger partial charge in [-0.3, -0.25) is 0 Å². The third-order valence-corrected chi connectivity index (χ3v) is 2.20. The molecule has 0 fully saturated rings. The summed E-state index contributed by atoms with van der Waals surface area (Å²) in [5, 5.41) is 3.44. The summed E-state index contributed by atoms with van der Waals surface area (Å²) in [5.74, 6) is 1.11.